The number of nitrogens with zero attached hydrogens (tertiary/aromatic N) is 2. The normalized spacial score (nSPS) is 18.6. The molecule has 88 valence electrons. The average molecular weight is 240 g/mol. The van der Waals surface area contributed by atoms with Crippen LogP contribution in [0.3, 0.4) is 0 Å². The van der Waals surface area contributed by atoms with Crippen molar-refractivity contribution >= 4 is 17.4 Å². The number of carbonyl (C=O) groups excluding carboxylic acids is 1. The lowest BCUT2D eigenvalue weighted by Crippen LogP contribution is -2.44. The Morgan fingerprint density at radius 3 is 2.94 bits per heavy atom. The highest BCUT2D eigenvalue weighted by molar-refractivity contribution is 7.07. The molecule has 1 fully saturated rings. The quantitative estimate of drug-likeness (QED) is 0.815. The molecule has 1 unspecified atom stereocenters. The second-order valence-corrected chi connectivity index (χ2v) is 4.93. The molecule has 0 bridgehead atoms. The van der Waals surface area contributed by atoms with Gasteiger partial charge in [-0.3, -0.25) is 4.79 Å². The van der Waals surface area contributed by atoms with Crippen LogP contribution in [0.2, 0.25) is 0 Å². The zero-order chi connectivity index (χ0) is 11.4. The van der Waals surface area contributed by atoms with Gasteiger partial charge in [-0.05, 0) is 30.3 Å². The highest BCUT2D eigenvalue weighted by Gasteiger charge is 2.25. The molecule has 0 aliphatic heterocycles. The van der Waals surface area contributed by atoms with E-state index < -0.39 is 0 Å². The summed E-state index contributed by atoms with van der Waals surface area (Å²) >= 11 is 1.11. The van der Waals surface area contributed by atoms with E-state index in [0.717, 1.165) is 11.5 Å². The van der Waals surface area contributed by atoms with Gasteiger partial charge in [0.15, 0.2) is 0 Å². The van der Waals surface area contributed by atoms with Gasteiger partial charge in [-0.1, -0.05) is 17.3 Å². The third kappa shape index (κ3) is 2.56. The molecule has 0 aromatic carbocycles. The first-order valence-electron chi connectivity index (χ1n) is 5.59. The van der Waals surface area contributed by atoms with Crippen molar-refractivity contribution in [2.75, 3.05) is 6.54 Å². The zero-order valence-corrected chi connectivity index (χ0v) is 9.87. The Hall–Kier alpha value is -1.01. The van der Waals surface area contributed by atoms with Gasteiger partial charge in [-0.15, -0.1) is 5.10 Å². The number of carbonyl (C=O) groups is 1. The Balaban J connectivity index is 1.93. The van der Waals surface area contributed by atoms with E-state index in [1.807, 2.05) is 0 Å². The Morgan fingerprint density at radius 1 is 1.62 bits per heavy atom. The minimum Gasteiger partial charge on any atom is -0.347 e. The number of nitrogens with one attached hydrogen (secondary N) is 1. The lowest BCUT2D eigenvalue weighted by atomic mass is 9.98. The van der Waals surface area contributed by atoms with Gasteiger partial charge >= 0.3 is 0 Å². The first kappa shape index (κ1) is 11.5. The van der Waals surface area contributed by atoms with Crippen LogP contribution in [0.5, 0.6) is 0 Å². The number of rotatable bonds is 4. The van der Waals surface area contributed by atoms with Gasteiger partial charge in [0.25, 0.3) is 5.91 Å². The zero-order valence-electron chi connectivity index (χ0n) is 9.06. The van der Waals surface area contributed by atoms with E-state index in [2.05, 4.69) is 14.9 Å². The van der Waals surface area contributed by atoms with Crippen LogP contribution in [0, 0.1) is 5.92 Å². The molecule has 16 heavy (non-hydrogen) atoms. The van der Waals surface area contributed by atoms with Gasteiger partial charge in [-0.2, -0.15) is 0 Å². The van der Waals surface area contributed by atoms with E-state index in [-0.39, 0.29) is 11.9 Å². The van der Waals surface area contributed by atoms with Gasteiger partial charge < -0.3 is 11.1 Å². The average Bonchev–Trinajstić information content (AvgIpc) is 2.96. The summed E-state index contributed by atoms with van der Waals surface area (Å²) in [5.41, 5.74) is 5.71. The third-order valence-corrected chi connectivity index (χ3v) is 3.79. The fourth-order valence-electron chi connectivity index (χ4n) is 2.24. The van der Waals surface area contributed by atoms with Crippen LogP contribution in [0.1, 0.15) is 35.4 Å². The van der Waals surface area contributed by atoms with Crippen LogP contribution >= 0.6 is 11.5 Å². The molecule has 1 aromatic heterocycles. The number of amides is 1. The molecule has 1 aliphatic rings. The third-order valence-electron chi connectivity index (χ3n) is 3.12. The molecule has 1 saturated carbocycles. The minimum atomic E-state index is -0.0997. The Bertz CT molecular complexity index is 335. The highest BCUT2D eigenvalue weighted by Crippen LogP contribution is 2.27. The molecule has 1 amide bonds. The van der Waals surface area contributed by atoms with E-state index in [0.29, 0.717) is 17.3 Å². The van der Waals surface area contributed by atoms with Crippen LogP contribution in [0.15, 0.2) is 6.20 Å². The van der Waals surface area contributed by atoms with Gasteiger partial charge in [0, 0.05) is 12.6 Å². The number of nitrogens with two attached hydrogens (primary N) is 1. The van der Waals surface area contributed by atoms with Crippen molar-refractivity contribution in [3.05, 3.63) is 11.1 Å². The number of hydrogen-bond donors (Lipinski definition) is 2. The molecular formula is C10H16N4OS. The Kier molecular flexibility index (Phi) is 3.84. The Labute approximate surface area is 98.6 Å². The van der Waals surface area contributed by atoms with Crippen LogP contribution < -0.4 is 11.1 Å². The van der Waals surface area contributed by atoms with Crippen molar-refractivity contribution in [1.82, 2.24) is 14.9 Å². The van der Waals surface area contributed by atoms with Gasteiger partial charge in [0.05, 0.1) is 6.20 Å². The largest absolute Gasteiger partial charge is 0.347 e. The molecule has 0 saturated heterocycles. The standard InChI is InChI=1S/C10H16N4OS/c11-5-8(7-3-1-2-4-7)13-10(15)9-6-12-14-16-9/h6-8H,1-5,11H2,(H,13,15). The summed E-state index contributed by atoms with van der Waals surface area (Å²) in [6, 6.07) is 0.0945. The first-order valence-corrected chi connectivity index (χ1v) is 6.37. The van der Waals surface area contributed by atoms with E-state index in [4.69, 9.17) is 5.73 Å². The smallest absolute Gasteiger partial charge is 0.264 e. The number of aromatic nitrogens is 2. The summed E-state index contributed by atoms with van der Waals surface area (Å²) in [4.78, 5) is 12.3. The summed E-state index contributed by atoms with van der Waals surface area (Å²) in [6.07, 6.45) is 6.33. The predicted molar refractivity (Wildman–Crippen MR) is 62.2 cm³/mol. The second kappa shape index (κ2) is 5.36. The fraction of sp³-hybridized carbons (Fsp3) is 0.700. The summed E-state index contributed by atoms with van der Waals surface area (Å²) in [5, 5.41) is 6.63. The highest BCUT2D eigenvalue weighted by atomic mass is 32.1. The molecule has 1 atom stereocenters. The van der Waals surface area contributed by atoms with Crippen LogP contribution in [0.4, 0.5) is 0 Å². The van der Waals surface area contributed by atoms with E-state index in [1.54, 1.807) is 0 Å². The molecule has 1 heterocycles. The van der Waals surface area contributed by atoms with Crippen molar-refractivity contribution < 1.29 is 4.79 Å². The molecule has 6 heteroatoms. The van der Waals surface area contributed by atoms with Gasteiger partial charge in [-0.25, -0.2) is 0 Å². The monoisotopic (exact) mass is 240 g/mol. The summed E-state index contributed by atoms with van der Waals surface area (Å²) in [5.74, 6) is 0.437. The molecular weight excluding hydrogens is 224 g/mol. The lowest BCUT2D eigenvalue weighted by Gasteiger charge is -2.22. The first-order chi connectivity index (χ1) is 7.81. The Morgan fingerprint density at radius 2 is 2.38 bits per heavy atom. The summed E-state index contributed by atoms with van der Waals surface area (Å²) < 4.78 is 3.67. The minimum absolute atomic E-state index is 0.0945. The second-order valence-electron chi connectivity index (χ2n) is 4.14. The van der Waals surface area contributed by atoms with Crippen molar-refractivity contribution in [3.63, 3.8) is 0 Å². The molecule has 2 rings (SSSR count). The van der Waals surface area contributed by atoms with Gasteiger partial charge in [0.1, 0.15) is 4.88 Å². The van der Waals surface area contributed by atoms with E-state index in [9.17, 15) is 4.79 Å². The predicted octanol–water partition coefficient (Wildman–Crippen LogP) is 0.785. The fourth-order valence-corrected chi connectivity index (χ4v) is 2.65. The van der Waals surface area contributed by atoms with E-state index >= 15 is 0 Å². The van der Waals surface area contributed by atoms with Crippen molar-refractivity contribution in [1.29, 1.82) is 0 Å². The van der Waals surface area contributed by atoms with Crippen LogP contribution in [0.25, 0.3) is 0 Å². The van der Waals surface area contributed by atoms with E-state index in [1.165, 1.54) is 31.9 Å². The maximum atomic E-state index is 11.8. The molecule has 1 aromatic rings. The summed E-state index contributed by atoms with van der Waals surface area (Å²) in [6.45, 7) is 0.503. The van der Waals surface area contributed by atoms with Crippen LogP contribution in [-0.2, 0) is 0 Å². The number of hydrogen-bond acceptors (Lipinski definition) is 5. The topological polar surface area (TPSA) is 80.9 Å². The molecule has 0 radical (unpaired) electrons. The SMILES string of the molecule is NCC(NC(=O)c1cnns1)C1CCCC1. The van der Waals surface area contributed by atoms with Crippen molar-refractivity contribution in [2.45, 2.75) is 31.7 Å². The maximum absolute atomic E-state index is 11.8. The molecule has 5 nitrogen and oxygen atoms in total. The van der Waals surface area contributed by atoms with Gasteiger partial charge in [0.2, 0.25) is 0 Å². The molecule has 3 N–H and O–H groups in total. The lowest BCUT2D eigenvalue weighted by molar-refractivity contribution is 0.0928. The van der Waals surface area contributed by atoms with Crippen molar-refractivity contribution in [2.24, 2.45) is 11.7 Å². The van der Waals surface area contributed by atoms with Crippen molar-refractivity contribution in [3.8, 4) is 0 Å². The van der Waals surface area contributed by atoms with Crippen LogP contribution in [-0.4, -0.2) is 28.1 Å². The molecule has 1 aliphatic carbocycles. The molecule has 0 spiro atoms. The summed E-state index contributed by atoms with van der Waals surface area (Å²) in [7, 11) is 0. The maximum Gasteiger partial charge on any atom is 0.264 e.